The van der Waals surface area contributed by atoms with Gasteiger partial charge in [-0.2, -0.15) is 0 Å². The summed E-state index contributed by atoms with van der Waals surface area (Å²) in [5.74, 6) is -0.693. The molecule has 0 saturated carbocycles. The van der Waals surface area contributed by atoms with E-state index in [4.69, 9.17) is 15.3 Å². The van der Waals surface area contributed by atoms with Crippen LogP contribution in [-0.2, 0) is 4.79 Å². The molecule has 0 aliphatic carbocycles. The van der Waals surface area contributed by atoms with Gasteiger partial charge in [-0.05, 0) is 19.4 Å². The number of rotatable bonds is 10. The molecule has 0 spiro atoms. The van der Waals surface area contributed by atoms with Crippen LogP contribution in [0.2, 0.25) is 0 Å². The summed E-state index contributed by atoms with van der Waals surface area (Å²) in [6.45, 7) is 6.82. The molecule has 0 atom stereocenters. The van der Waals surface area contributed by atoms with Gasteiger partial charge in [0.25, 0.3) is 0 Å². The Balaban J connectivity index is 0. The number of carboxylic acid groups (broad SMARTS) is 1. The lowest BCUT2D eigenvalue weighted by Crippen LogP contribution is -2.30. The number of unbranched alkanes of at least 4 members (excludes halogenated alkanes) is 2. The smallest absolute Gasteiger partial charge is 0.303 e. The predicted molar refractivity (Wildman–Crippen MR) is 72.7 cm³/mol. The molecule has 0 heterocycles. The summed E-state index contributed by atoms with van der Waals surface area (Å²) in [6, 6.07) is 0. The Hall–Kier alpha value is -0.650. The van der Waals surface area contributed by atoms with Crippen LogP contribution < -0.4 is 0 Å². The van der Waals surface area contributed by atoms with Crippen molar-refractivity contribution in [3.05, 3.63) is 0 Å². The fraction of sp³-hybridized carbons (Fsp3) is 0.923. The fourth-order valence-electron chi connectivity index (χ4n) is 1.33. The number of nitrogens with zero attached hydrogens (tertiary/aromatic N) is 1. The third-order valence-electron chi connectivity index (χ3n) is 2.40. The molecule has 5 heteroatoms. The van der Waals surface area contributed by atoms with Gasteiger partial charge in [0.2, 0.25) is 0 Å². The van der Waals surface area contributed by atoms with Gasteiger partial charge in [0.15, 0.2) is 0 Å². The minimum atomic E-state index is -0.693. The summed E-state index contributed by atoms with van der Waals surface area (Å²) in [7, 11) is 0. The number of carboxylic acids is 1. The molecule has 3 N–H and O–H groups in total. The number of carbonyl (C=O) groups is 1. The van der Waals surface area contributed by atoms with Gasteiger partial charge in [-0.3, -0.25) is 9.69 Å². The normalized spacial score (nSPS) is 10.1. The number of aliphatic hydroxyl groups is 2. The highest BCUT2D eigenvalue weighted by Crippen LogP contribution is 1.93. The highest BCUT2D eigenvalue weighted by molar-refractivity contribution is 5.66. The zero-order valence-electron chi connectivity index (χ0n) is 11.8. The lowest BCUT2D eigenvalue weighted by atomic mass is 10.3. The number of aliphatic hydroxyl groups excluding tert-OH is 2. The molecule has 0 saturated heterocycles. The summed E-state index contributed by atoms with van der Waals surface area (Å²) in [5, 5.41) is 25.3. The van der Waals surface area contributed by atoms with Crippen molar-refractivity contribution in [2.75, 3.05) is 32.8 Å². The van der Waals surface area contributed by atoms with Crippen LogP contribution in [0.15, 0.2) is 0 Å². The summed E-state index contributed by atoms with van der Waals surface area (Å²) < 4.78 is 0. The maximum atomic E-state index is 9.76. The maximum absolute atomic E-state index is 9.76. The van der Waals surface area contributed by atoms with Crippen molar-refractivity contribution in [1.82, 2.24) is 4.90 Å². The topological polar surface area (TPSA) is 81.0 Å². The van der Waals surface area contributed by atoms with Crippen LogP contribution in [0.3, 0.4) is 0 Å². The molecule has 18 heavy (non-hydrogen) atoms. The molecule has 110 valence electrons. The Bertz CT molecular complexity index is 170. The highest BCUT2D eigenvalue weighted by Gasteiger charge is 2.00. The molecule has 0 rings (SSSR count). The molecule has 0 unspecified atom stereocenters. The zero-order chi connectivity index (χ0) is 14.2. The van der Waals surface area contributed by atoms with Crippen LogP contribution in [0.5, 0.6) is 0 Å². The van der Waals surface area contributed by atoms with Crippen LogP contribution in [0.25, 0.3) is 0 Å². The second kappa shape index (κ2) is 16.4. The lowest BCUT2D eigenvalue weighted by molar-refractivity contribution is -0.137. The van der Waals surface area contributed by atoms with Gasteiger partial charge in [0.1, 0.15) is 0 Å². The molecule has 0 radical (unpaired) electrons. The standard InChI is InChI=1S/C8H19NO2.C5H10O2/c1-2-3-4-9(5-7-10)6-8-11;1-2-3-4-5(6)7/h10-11H,2-8H2,1H3;2-4H2,1H3,(H,6,7). The minimum Gasteiger partial charge on any atom is -0.481 e. The average molecular weight is 263 g/mol. The molecule has 0 fully saturated rings. The molecule has 0 aromatic carbocycles. The third kappa shape index (κ3) is 17.7. The lowest BCUT2D eigenvalue weighted by Gasteiger charge is -2.19. The third-order valence-corrected chi connectivity index (χ3v) is 2.40. The average Bonchev–Trinajstić information content (AvgIpc) is 2.34. The van der Waals surface area contributed by atoms with Gasteiger partial charge in [-0.1, -0.05) is 26.7 Å². The summed E-state index contributed by atoms with van der Waals surface area (Å²) in [6.07, 6.45) is 4.38. The van der Waals surface area contributed by atoms with Crippen molar-refractivity contribution in [2.45, 2.75) is 46.0 Å². The van der Waals surface area contributed by atoms with E-state index in [0.29, 0.717) is 19.5 Å². The van der Waals surface area contributed by atoms with Crippen molar-refractivity contribution in [1.29, 1.82) is 0 Å². The van der Waals surface area contributed by atoms with E-state index in [-0.39, 0.29) is 13.2 Å². The van der Waals surface area contributed by atoms with Crippen molar-refractivity contribution in [3.63, 3.8) is 0 Å². The van der Waals surface area contributed by atoms with Crippen molar-refractivity contribution >= 4 is 5.97 Å². The molecule has 5 nitrogen and oxygen atoms in total. The minimum absolute atomic E-state index is 0.184. The van der Waals surface area contributed by atoms with Crippen LogP contribution >= 0.6 is 0 Å². The van der Waals surface area contributed by atoms with E-state index in [1.165, 1.54) is 0 Å². The van der Waals surface area contributed by atoms with Crippen molar-refractivity contribution in [3.8, 4) is 0 Å². The first-order valence-corrected chi connectivity index (χ1v) is 6.78. The molecule has 0 aliphatic rings. The first-order valence-electron chi connectivity index (χ1n) is 6.78. The van der Waals surface area contributed by atoms with Crippen LogP contribution in [0, 0.1) is 0 Å². The summed E-state index contributed by atoms with van der Waals surface area (Å²) in [5.41, 5.74) is 0. The van der Waals surface area contributed by atoms with Crippen LogP contribution in [-0.4, -0.2) is 59.0 Å². The summed E-state index contributed by atoms with van der Waals surface area (Å²) in [4.78, 5) is 11.8. The first-order chi connectivity index (χ1) is 8.62. The van der Waals surface area contributed by atoms with Gasteiger partial charge < -0.3 is 15.3 Å². The number of hydrogen-bond acceptors (Lipinski definition) is 4. The largest absolute Gasteiger partial charge is 0.481 e. The zero-order valence-corrected chi connectivity index (χ0v) is 11.8. The van der Waals surface area contributed by atoms with E-state index in [2.05, 4.69) is 11.8 Å². The monoisotopic (exact) mass is 263 g/mol. The van der Waals surface area contributed by atoms with Gasteiger partial charge in [0.05, 0.1) is 13.2 Å². The van der Waals surface area contributed by atoms with Crippen molar-refractivity contribution in [2.24, 2.45) is 0 Å². The summed E-state index contributed by atoms with van der Waals surface area (Å²) >= 11 is 0. The first kappa shape index (κ1) is 19.7. The fourth-order valence-corrected chi connectivity index (χ4v) is 1.33. The SMILES string of the molecule is CCCCC(=O)O.CCCCN(CCO)CCO. The van der Waals surface area contributed by atoms with Gasteiger partial charge in [0, 0.05) is 19.5 Å². The van der Waals surface area contributed by atoms with Gasteiger partial charge >= 0.3 is 5.97 Å². The van der Waals surface area contributed by atoms with E-state index in [9.17, 15) is 4.79 Å². The van der Waals surface area contributed by atoms with E-state index in [1.807, 2.05) is 6.92 Å². The Morgan fingerprint density at radius 2 is 1.44 bits per heavy atom. The Labute approximate surface area is 110 Å². The Kier molecular flexibility index (Phi) is 17.9. The molecule has 0 bridgehead atoms. The van der Waals surface area contributed by atoms with Crippen LogP contribution in [0.1, 0.15) is 46.0 Å². The molecular weight excluding hydrogens is 234 g/mol. The number of hydrogen-bond donors (Lipinski definition) is 3. The second-order valence-electron chi connectivity index (χ2n) is 4.14. The van der Waals surface area contributed by atoms with Gasteiger partial charge in [-0.15, -0.1) is 0 Å². The maximum Gasteiger partial charge on any atom is 0.303 e. The van der Waals surface area contributed by atoms with E-state index < -0.39 is 5.97 Å². The Morgan fingerprint density at radius 1 is 0.944 bits per heavy atom. The number of aliphatic carboxylic acids is 1. The quantitative estimate of drug-likeness (QED) is 0.554. The van der Waals surface area contributed by atoms with E-state index >= 15 is 0 Å². The molecule has 0 aromatic rings. The predicted octanol–water partition coefficient (Wildman–Crippen LogP) is 1.33. The van der Waals surface area contributed by atoms with E-state index in [1.54, 1.807) is 0 Å². The van der Waals surface area contributed by atoms with E-state index in [0.717, 1.165) is 32.2 Å². The van der Waals surface area contributed by atoms with Crippen molar-refractivity contribution < 1.29 is 20.1 Å². The Morgan fingerprint density at radius 3 is 1.72 bits per heavy atom. The molecule has 0 aromatic heterocycles. The highest BCUT2D eigenvalue weighted by atomic mass is 16.4. The second-order valence-corrected chi connectivity index (χ2v) is 4.14. The molecular formula is C13H29NO4. The van der Waals surface area contributed by atoms with Gasteiger partial charge in [-0.25, -0.2) is 0 Å². The van der Waals surface area contributed by atoms with Crippen LogP contribution in [0.4, 0.5) is 0 Å². The molecule has 0 aliphatic heterocycles. The molecule has 0 amide bonds.